The fourth-order valence-electron chi connectivity index (χ4n) is 1.75. The van der Waals surface area contributed by atoms with Crippen molar-refractivity contribution in [1.29, 1.82) is 0 Å². The van der Waals surface area contributed by atoms with Gasteiger partial charge in [-0.15, -0.1) is 0 Å². The van der Waals surface area contributed by atoms with E-state index >= 15 is 0 Å². The van der Waals surface area contributed by atoms with E-state index in [-0.39, 0.29) is 5.82 Å². The van der Waals surface area contributed by atoms with Crippen LogP contribution in [0.5, 0.6) is 11.5 Å². The molecule has 0 amide bonds. The summed E-state index contributed by atoms with van der Waals surface area (Å²) in [4.78, 5) is 4.30. The van der Waals surface area contributed by atoms with Gasteiger partial charge >= 0.3 is 0 Å². The van der Waals surface area contributed by atoms with Crippen LogP contribution in [0.1, 0.15) is 0 Å². The zero-order chi connectivity index (χ0) is 12.4. The average molecular weight is 239 g/mol. The minimum atomic E-state index is -0.279. The minimum absolute atomic E-state index is 0.279. The van der Waals surface area contributed by atoms with Gasteiger partial charge in [-0.25, -0.2) is 4.39 Å². The first-order chi connectivity index (χ1) is 8.81. The Morgan fingerprint density at radius 3 is 2.50 bits per heavy atom. The molecule has 0 spiro atoms. The van der Waals surface area contributed by atoms with Gasteiger partial charge in [0.1, 0.15) is 17.3 Å². The summed E-state index contributed by atoms with van der Waals surface area (Å²) < 4.78 is 18.4. The maximum atomic E-state index is 12.8. The van der Waals surface area contributed by atoms with Crippen LogP contribution in [0.3, 0.4) is 0 Å². The monoisotopic (exact) mass is 239 g/mol. The molecule has 0 radical (unpaired) electrons. The number of benzene rings is 2. The number of fused-ring (bicyclic) bond motifs is 1. The fourth-order valence-corrected chi connectivity index (χ4v) is 1.75. The lowest BCUT2D eigenvalue weighted by Crippen LogP contribution is -1.86. The zero-order valence-corrected chi connectivity index (χ0v) is 9.51. The molecule has 0 aliphatic rings. The molecule has 0 saturated heterocycles. The van der Waals surface area contributed by atoms with Crippen molar-refractivity contribution < 1.29 is 9.13 Å². The summed E-state index contributed by atoms with van der Waals surface area (Å²) in [6.07, 6.45) is 1.66. The van der Waals surface area contributed by atoms with E-state index in [2.05, 4.69) is 4.98 Å². The molecule has 3 heteroatoms. The third-order valence-electron chi connectivity index (χ3n) is 2.61. The first kappa shape index (κ1) is 10.7. The molecule has 1 aromatic heterocycles. The van der Waals surface area contributed by atoms with Gasteiger partial charge in [0.25, 0.3) is 0 Å². The summed E-state index contributed by atoms with van der Waals surface area (Å²) in [5.74, 6) is 0.952. The normalized spacial score (nSPS) is 10.5. The van der Waals surface area contributed by atoms with Crippen molar-refractivity contribution >= 4 is 10.9 Å². The highest BCUT2D eigenvalue weighted by Gasteiger charge is 2.00. The fraction of sp³-hybridized carbons (Fsp3) is 0. The Morgan fingerprint density at radius 2 is 1.67 bits per heavy atom. The molecular formula is C15H10FNO. The van der Waals surface area contributed by atoms with E-state index in [1.165, 1.54) is 12.1 Å². The summed E-state index contributed by atoms with van der Waals surface area (Å²) in [5, 5.41) is 1.01. The van der Waals surface area contributed by atoms with E-state index in [1.54, 1.807) is 18.3 Å². The van der Waals surface area contributed by atoms with E-state index in [0.717, 1.165) is 10.9 Å². The van der Waals surface area contributed by atoms with Crippen molar-refractivity contribution in [3.63, 3.8) is 0 Å². The number of halogens is 1. The molecule has 0 saturated carbocycles. The molecule has 1 heterocycles. The van der Waals surface area contributed by atoms with Crippen LogP contribution in [0.4, 0.5) is 4.39 Å². The topological polar surface area (TPSA) is 22.1 Å². The molecule has 3 rings (SSSR count). The predicted octanol–water partition coefficient (Wildman–Crippen LogP) is 4.17. The molecule has 0 fully saturated rings. The van der Waals surface area contributed by atoms with Crippen LogP contribution in [0.15, 0.2) is 60.8 Å². The average Bonchev–Trinajstić information content (AvgIpc) is 2.41. The molecule has 3 aromatic rings. The first-order valence-corrected chi connectivity index (χ1v) is 5.59. The van der Waals surface area contributed by atoms with Gasteiger partial charge in [-0.05, 0) is 36.4 Å². The highest BCUT2D eigenvalue weighted by atomic mass is 19.1. The number of hydrogen-bond acceptors (Lipinski definition) is 2. The minimum Gasteiger partial charge on any atom is -0.456 e. The van der Waals surface area contributed by atoms with E-state index in [4.69, 9.17) is 4.74 Å². The molecule has 2 nitrogen and oxygen atoms in total. The second kappa shape index (κ2) is 4.45. The SMILES string of the molecule is Fc1ccc(Oc2cnc3ccccc3c2)cc1. The van der Waals surface area contributed by atoms with Gasteiger partial charge in [0.05, 0.1) is 11.7 Å². The Labute approximate surface area is 104 Å². The van der Waals surface area contributed by atoms with E-state index in [0.29, 0.717) is 11.5 Å². The quantitative estimate of drug-likeness (QED) is 0.669. The van der Waals surface area contributed by atoms with Crippen LogP contribution in [-0.2, 0) is 0 Å². The van der Waals surface area contributed by atoms with Gasteiger partial charge in [0, 0.05) is 5.39 Å². The molecule has 88 valence electrons. The van der Waals surface area contributed by atoms with E-state index in [1.807, 2.05) is 30.3 Å². The second-order valence-electron chi connectivity index (χ2n) is 3.92. The van der Waals surface area contributed by atoms with E-state index < -0.39 is 0 Å². The van der Waals surface area contributed by atoms with Crippen LogP contribution in [0.2, 0.25) is 0 Å². The number of nitrogens with zero attached hydrogens (tertiary/aromatic N) is 1. The van der Waals surface area contributed by atoms with Gasteiger partial charge in [0.2, 0.25) is 0 Å². The van der Waals surface area contributed by atoms with Crippen molar-refractivity contribution in [3.8, 4) is 11.5 Å². The van der Waals surface area contributed by atoms with Gasteiger partial charge in [0.15, 0.2) is 0 Å². The molecule has 0 N–H and O–H groups in total. The Bertz CT molecular complexity index is 679. The lowest BCUT2D eigenvalue weighted by molar-refractivity contribution is 0.479. The molecule has 2 aromatic carbocycles. The maximum absolute atomic E-state index is 12.8. The molecule has 0 bridgehead atoms. The van der Waals surface area contributed by atoms with Crippen LogP contribution >= 0.6 is 0 Å². The number of hydrogen-bond donors (Lipinski definition) is 0. The van der Waals surface area contributed by atoms with Crippen molar-refractivity contribution in [2.75, 3.05) is 0 Å². The molecule has 0 aliphatic heterocycles. The highest BCUT2D eigenvalue weighted by Crippen LogP contribution is 2.23. The van der Waals surface area contributed by atoms with Crippen LogP contribution in [-0.4, -0.2) is 4.98 Å². The molecule has 0 aliphatic carbocycles. The number of ether oxygens (including phenoxy) is 1. The highest BCUT2D eigenvalue weighted by molar-refractivity contribution is 5.79. The van der Waals surface area contributed by atoms with Gasteiger partial charge < -0.3 is 4.74 Å². The molecular weight excluding hydrogens is 229 g/mol. The number of aromatic nitrogens is 1. The third kappa shape index (κ3) is 2.15. The summed E-state index contributed by atoms with van der Waals surface area (Å²) in [5.41, 5.74) is 0.920. The predicted molar refractivity (Wildman–Crippen MR) is 68.2 cm³/mol. The van der Waals surface area contributed by atoms with E-state index in [9.17, 15) is 4.39 Å². The molecule has 18 heavy (non-hydrogen) atoms. The maximum Gasteiger partial charge on any atom is 0.146 e. The van der Waals surface area contributed by atoms with Crippen LogP contribution in [0, 0.1) is 5.82 Å². The van der Waals surface area contributed by atoms with Crippen molar-refractivity contribution in [2.45, 2.75) is 0 Å². The summed E-state index contributed by atoms with van der Waals surface area (Å²) in [7, 11) is 0. The standard InChI is InChI=1S/C15H10FNO/c16-12-5-7-13(8-6-12)18-14-9-11-3-1-2-4-15(11)17-10-14/h1-10H. The lowest BCUT2D eigenvalue weighted by Gasteiger charge is -2.06. The van der Waals surface area contributed by atoms with Gasteiger partial charge in [-0.3, -0.25) is 4.98 Å². The molecule has 0 atom stereocenters. The van der Waals surface area contributed by atoms with Gasteiger partial charge in [-0.2, -0.15) is 0 Å². The van der Waals surface area contributed by atoms with Crippen molar-refractivity contribution in [3.05, 3.63) is 66.6 Å². The van der Waals surface area contributed by atoms with Crippen molar-refractivity contribution in [2.24, 2.45) is 0 Å². The molecule has 0 unspecified atom stereocenters. The zero-order valence-electron chi connectivity index (χ0n) is 9.51. The number of rotatable bonds is 2. The lowest BCUT2D eigenvalue weighted by atomic mass is 10.2. The summed E-state index contributed by atoms with van der Waals surface area (Å²) in [6.45, 7) is 0. The first-order valence-electron chi connectivity index (χ1n) is 5.59. The van der Waals surface area contributed by atoms with Gasteiger partial charge in [-0.1, -0.05) is 18.2 Å². The summed E-state index contributed by atoms with van der Waals surface area (Å²) in [6, 6.07) is 15.6. The summed E-state index contributed by atoms with van der Waals surface area (Å²) >= 11 is 0. The third-order valence-corrected chi connectivity index (χ3v) is 2.61. The Kier molecular flexibility index (Phi) is 2.65. The Balaban J connectivity index is 1.92. The largest absolute Gasteiger partial charge is 0.456 e. The van der Waals surface area contributed by atoms with Crippen LogP contribution < -0.4 is 4.74 Å². The Hall–Kier alpha value is -2.42. The smallest absolute Gasteiger partial charge is 0.146 e. The van der Waals surface area contributed by atoms with Crippen molar-refractivity contribution in [1.82, 2.24) is 4.98 Å². The Morgan fingerprint density at radius 1 is 0.889 bits per heavy atom. The number of para-hydroxylation sites is 1. The second-order valence-corrected chi connectivity index (χ2v) is 3.92. The number of pyridine rings is 1. The van der Waals surface area contributed by atoms with Crippen LogP contribution in [0.25, 0.3) is 10.9 Å².